The van der Waals surface area contributed by atoms with E-state index in [2.05, 4.69) is 71.5 Å². The number of benzene rings is 2. The third kappa shape index (κ3) is 4.86. The van der Waals surface area contributed by atoms with E-state index in [0.717, 1.165) is 93.4 Å². The molecular weight excluding hydrogens is 454 g/mol. The predicted octanol–water partition coefficient (Wildman–Crippen LogP) is 2.98. The molecule has 6 rings (SSSR count). The van der Waals surface area contributed by atoms with E-state index in [9.17, 15) is 0 Å². The lowest BCUT2D eigenvalue weighted by molar-refractivity contribution is 0.0384. The Morgan fingerprint density at radius 3 is 2.83 bits per heavy atom. The molecule has 2 aromatic carbocycles. The highest BCUT2D eigenvalue weighted by Crippen LogP contribution is 2.31. The van der Waals surface area contributed by atoms with E-state index in [1.807, 2.05) is 0 Å². The fourth-order valence-corrected chi connectivity index (χ4v) is 5.33. The molecule has 0 spiro atoms. The highest BCUT2D eigenvalue weighted by atomic mass is 16.5. The van der Waals surface area contributed by atoms with Gasteiger partial charge in [-0.2, -0.15) is 0 Å². The summed E-state index contributed by atoms with van der Waals surface area (Å²) in [6.45, 7) is 8.16. The van der Waals surface area contributed by atoms with Crippen molar-refractivity contribution in [1.29, 1.82) is 0 Å². The van der Waals surface area contributed by atoms with Crippen molar-refractivity contribution in [1.82, 2.24) is 30.2 Å². The van der Waals surface area contributed by atoms with Crippen LogP contribution in [0.25, 0.3) is 21.9 Å². The Balaban J connectivity index is 1.12. The van der Waals surface area contributed by atoms with E-state index >= 15 is 0 Å². The van der Waals surface area contributed by atoms with Gasteiger partial charge >= 0.3 is 0 Å². The molecular formula is C27H33N7O2. The van der Waals surface area contributed by atoms with E-state index < -0.39 is 0 Å². The molecule has 0 bridgehead atoms. The van der Waals surface area contributed by atoms with Crippen LogP contribution in [-0.4, -0.2) is 83.4 Å². The van der Waals surface area contributed by atoms with E-state index in [-0.39, 0.29) is 6.04 Å². The van der Waals surface area contributed by atoms with Crippen molar-refractivity contribution in [2.75, 3.05) is 57.4 Å². The number of nitrogens with zero attached hydrogens (tertiary/aromatic N) is 5. The van der Waals surface area contributed by atoms with Crippen LogP contribution in [0.2, 0.25) is 0 Å². The summed E-state index contributed by atoms with van der Waals surface area (Å²) in [4.78, 5) is 21.1. The molecule has 1 atom stereocenters. The van der Waals surface area contributed by atoms with Gasteiger partial charge in [0.05, 0.1) is 25.6 Å². The number of fused-ring (bicyclic) bond motifs is 2. The number of nitrogens with one attached hydrogen (secondary N) is 2. The molecule has 4 heterocycles. The van der Waals surface area contributed by atoms with Crippen molar-refractivity contribution in [3.05, 3.63) is 54.6 Å². The van der Waals surface area contributed by atoms with Crippen molar-refractivity contribution >= 4 is 27.8 Å². The lowest BCUT2D eigenvalue weighted by Gasteiger charge is -2.26. The molecule has 188 valence electrons. The predicted molar refractivity (Wildman–Crippen MR) is 140 cm³/mol. The second-order valence-corrected chi connectivity index (χ2v) is 9.50. The molecule has 1 unspecified atom stereocenters. The molecule has 0 amide bonds. The molecule has 0 aliphatic carbocycles. The van der Waals surface area contributed by atoms with Crippen LogP contribution in [0.15, 0.2) is 49.1 Å². The maximum Gasteiger partial charge on any atom is 0.162 e. The van der Waals surface area contributed by atoms with Crippen LogP contribution < -0.4 is 15.0 Å². The van der Waals surface area contributed by atoms with E-state index in [0.29, 0.717) is 6.61 Å². The van der Waals surface area contributed by atoms with Crippen LogP contribution in [0.3, 0.4) is 0 Å². The van der Waals surface area contributed by atoms with Crippen molar-refractivity contribution < 1.29 is 9.47 Å². The molecule has 2 aliphatic heterocycles. The fourth-order valence-electron chi connectivity index (χ4n) is 5.33. The molecule has 0 saturated carbocycles. The van der Waals surface area contributed by atoms with E-state index in [1.165, 1.54) is 10.9 Å². The minimum atomic E-state index is 0.250. The molecule has 2 N–H and O–H groups in total. The van der Waals surface area contributed by atoms with Gasteiger partial charge in [0, 0.05) is 44.7 Å². The summed E-state index contributed by atoms with van der Waals surface area (Å²) in [6.07, 6.45) is 5.46. The summed E-state index contributed by atoms with van der Waals surface area (Å²) in [5.41, 5.74) is 2.89. The minimum Gasteiger partial charge on any atom is -0.491 e. The van der Waals surface area contributed by atoms with Gasteiger partial charge in [-0.25, -0.2) is 15.0 Å². The van der Waals surface area contributed by atoms with Gasteiger partial charge in [-0.05, 0) is 29.9 Å². The van der Waals surface area contributed by atoms with Crippen LogP contribution >= 0.6 is 0 Å². The third-order valence-electron chi connectivity index (χ3n) is 7.28. The largest absolute Gasteiger partial charge is 0.491 e. The standard InChI is InChI=1S/C27H33N7O2/c1-2-6-23-22(5-1)20(16-28-9-11-33-12-14-35-15-13-33)7-8-24(23)36-17-21-4-3-10-34(21)27-25-26(30-18-29-25)31-19-32-27/h1-2,5-8,18-19,21,28H,3-4,9-17H2,(H,29,30,31,32). The number of hydrogen-bond donors (Lipinski definition) is 2. The van der Waals surface area contributed by atoms with Crippen molar-refractivity contribution in [3.63, 3.8) is 0 Å². The number of aromatic nitrogens is 4. The molecule has 0 radical (unpaired) electrons. The SMILES string of the molecule is c1ccc2c(OCC3CCCN3c3ncnc4[nH]cnc34)ccc(CNCCN3CCOCC3)c2c1. The number of imidazole rings is 1. The van der Waals surface area contributed by atoms with Gasteiger partial charge in [-0.3, -0.25) is 4.90 Å². The van der Waals surface area contributed by atoms with Crippen LogP contribution in [-0.2, 0) is 11.3 Å². The Bertz CT molecular complexity index is 1300. The van der Waals surface area contributed by atoms with Crippen molar-refractivity contribution in [3.8, 4) is 5.75 Å². The second-order valence-electron chi connectivity index (χ2n) is 9.50. The average molecular weight is 488 g/mol. The lowest BCUT2D eigenvalue weighted by Crippen LogP contribution is -2.40. The van der Waals surface area contributed by atoms with Gasteiger partial charge < -0.3 is 24.7 Å². The lowest BCUT2D eigenvalue weighted by atomic mass is 10.0. The topological polar surface area (TPSA) is 91.4 Å². The van der Waals surface area contributed by atoms with Gasteiger partial charge in [0.1, 0.15) is 24.2 Å². The zero-order valence-corrected chi connectivity index (χ0v) is 20.5. The third-order valence-corrected chi connectivity index (χ3v) is 7.28. The van der Waals surface area contributed by atoms with Gasteiger partial charge in [0.25, 0.3) is 0 Å². The average Bonchev–Trinajstić information content (AvgIpc) is 3.60. The smallest absolute Gasteiger partial charge is 0.162 e. The summed E-state index contributed by atoms with van der Waals surface area (Å²) < 4.78 is 11.9. The minimum absolute atomic E-state index is 0.250. The molecule has 2 aromatic heterocycles. The fraction of sp³-hybridized carbons (Fsp3) is 0.444. The van der Waals surface area contributed by atoms with E-state index in [4.69, 9.17) is 9.47 Å². The Labute approximate surface area is 210 Å². The zero-order chi connectivity index (χ0) is 24.2. The summed E-state index contributed by atoms with van der Waals surface area (Å²) in [6, 6.07) is 13.1. The first-order valence-corrected chi connectivity index (χ1v) is 12.9. The number of rotatable bonds is 9. The molecule has 2 saturated heterocycles. The number of ether oxygens (including phenoxy) is 2. The summed E-state index contributed by atoms with van der Waals surface area (Å²) in [5, 5.41) is 6.02. The molecule has 9 heteroatoms. The van der Waals surface area contributed by atoms with Crippen LogP contribution in [0.5, 0.6) is 5.75 Å². The Hall–Kier alpha value is -3.27. The van der Waals surface area contributed by atoms with Crippen molar-refractivity contribution in [2.45, 2.75) is 25.4 Å². The molecule has 9 nitrogen and oxygen atoms in total. The summed E-state index contributed by atoms with van der Waals surface area (Å²) >= 11 is 0. The van der Waals surface area contributed by atoms with Gasteiger partial charge in [0.15, 0.2) is 11.5 Å². The summed E-state index contributed by atoms with van der Waals surface area (Å²) in [5.74, 6) is 1.82. The molecule has 4 aromatic rings. The molecule has 36 heavy (non-hydrogen) atoms. The molecule has 2 aliphatic rings. The monoisotopic (exact) mass is 487 g/mol. The van der Waals surface area contributed by atoms with Crippen molar-refractivity contribution in [2.24, 2.45) is 0 Å². The second kappa shape index (κ2) is 10.8. The van der Waals surface area contributed by atoms with Gasteiger partial charge in [-0.15, -0.1) is 0 Å². The quantitative estimate of drug-likeness (QED) is 0.348. The highest BCUT2D eigenvalue weighted by molar-refractivity contribution is 5.91. The summed E-state index contributed by atoms with van der Waals surface area (Å²) in [7, 11) is 0. The number of aromatic amines is 1. The number of H-pyrrole nitrogens is 1. The van der Waals surface area contributed by atoms with Gasteiger partial charge in [0.2, 0.25) is 0 Å². The van der Waals surface area contributed by atoms with Crippen LogP contribution in [0.1, 0.15) is 18.4 Å². The highest BCUT2D eigenvalue weighted by Gasteiger charge is 2.28. The maximum absolute atomic E-state index is 6.46. The molecule has 2 fully saturated rings. The first-order valence-electron chi connectivity index (χ1n) is 12.9. The van der Waals surface area contributed by atoms with E-state index in [1.54, 1.807) is 12.7 Å². The Morgan fingerprint density at radius 1 is 1.03 bits per heavy atom. The van der Waals surface area contributed by atoms with Crippen LogP contribution in [0, 0.1) is 0 Å². The zero-order valence-electron chi connectivity index (χ0n) is 20.5. The first kappa shape index (κ1) is 23.1. The Kier molecular flexibility index (Phi) is 6.93. The van der Waals surface area contributed by atoms with Gasteiger partial charge in [-0.1, -0.05) is 30.3 Å². The number of morpholine rings is 1. The first-order chi connectivity index (χ1) is 17.9. The Morgan fingerprint density at radius 2 is 1.92 bits per heavy atom. The number of anilines is 1. The van der Waals surface area contributed by atoms with Crippen LogP contribution in [0.4, 0.5) is 5.82 Å². The maximum atomic E-state index is 6.46. The normalized spacial score (nSPS) is 18.9. The number of hydrogen-bond acceptors (Lipinski definition) is 8.